The Morgan fingerprint density at radius 3 is 2.56 bits per heavy atom. The molecule has 50 valence electrons. The summed E-state index contributed by atoms with van der Waals surface area (Å²) < 4.78 is 9.65. The van der Waals surface area contributed by atoms with E-state index in [1.54, 1.807) is 0 Å². The van der Waals surface area contributed by atoms with Crippen molar-refractivity contribution in [2.45, 2.75) is 11.1 Å². The smallest absolute Gasteiger partial charge is 0.258 e. The largest absolute Gasteiger partial charge is 0.458 e. The zero-order valence-electron chi connectivity index (χ0n) is 4.49. The van der Waals surface area contributed by atoms with Crippen LogP contribution in [-0.4, -0.2) is 17.4 Å². The number of alkyl halides is 1. The van der Waals surface area contributed by atoms with Crippen molar-refractivity contribution in [3.8, 4) is 0 Å². The summed E-state index contributed by atoms with van der Waals surface area (Å²) in [5, 5.41) is 0. The van der Waals surface area contributed by atoms with Crippen LogP contribution in [0.5, 0.6) is 0 Å². The van der Waals surface area contributed by atoms with E-state index in [1.807, 2.05) is 0 Å². The Labute approximate surface area is 60.8 Å². The van der Waals surface area contributed by atoms with Crippen molar-refractivity contribution in [3.63, 3.8) is 0 Å². The topological polar surface area (TPSA) is 35.5 Å². The van der Waals surface area contributed by atoms with Gasteiger partial charge in [-0.15, -0.1) is 0 Å². The molecule has 0 amide bonds. The average molecular weight is 193 g/mol. The molecule has 0 aromatic rings. The minimum atomic E-state index is -0.484. The Morgan fingerprint density at radius 2 is 2.11 bits per heavy atom. The second-order valence-electron chi connectivity index (χ2n) is 1.49. The van der Waals surface area contributed by atoms with Crippen LogP contribution in [0.15, 0.2) is 12.5 Å². The van der Waals surface area contributed by atoms with E-state index in [1.165, 1.54) is 12.5 Å². The van der Waals surface area contributed by atoms with Crippen LogP contribution in [-0.2, 0) is 14.3 Å². The first-order valence-corrected chi connectivity index (χ1v) is 3.31. The molecule has 4 heteroatoms. The number of carbonyl (C=O) groups is 1. The normalized spacial score (nSPS) is 20.6. The summed E-state index contributed by atoms with van der Waals surface area (Å²) >= 11 is 3.05. The highest BCUT2D eigenvalue weighted by Gasteiger charge is 2.21. The molecule has 0 aromatic carbocycles. The number of aldehydes is 1. The lowest BCUT2D eigenvalue weighted by molar-refractivity contribution is -0.113. The van der Waals surface area contributed by atoms with Crippen molar-refractivity contribution in [1.29, 1.82) is 0 Å². The number of ether oxygens (including phenoxy) is 2. The van der Waals surface area contributed by atoms with Gasteiger partial charge < -0.3 is 14.3 Å². The molecular weight excluding hydrogens is 188 g/mol. The van der Waals surface area contributed by atoms with Gasteiger partial charge in [-0.05, 0) is 0 Å². The van der Waals surface area contributed by atoms with Gasteiger partial charge in [0.15, 0.2) is 0 Å². The average Bonchev–Trinajstić information content (AvgIpc) is 2.37. The van der Waals surface area contributed by atoms with Gasteiger partial charge in [-0.25, -0.2) is 0 Å². The molecule has 0 saturated heterocycles. The molecule has 0 saturated carbocycles. The molecule has 1 aliphatic rings. The molecule has 0 radical (unpaired) electrons. The Bertz CT molecular complexity index is 126. The molecule has 0 aromatic heterocycles. The second-order valence-corrected chi connectivity index (χ2v) is 2.55. The van der Waals surface area contributed by atoms with Gasteiger partial charge in [0.2, 0.25) is 0 Å². The first-order valence-electron chi connectivity index (χ1n) is 2.40. The maximum Gasteiger partial charge on any atom is 0.258 e. The fraction of sp³-hybridized carbons (Fsp3) is 0.400. The predicted octanol–water partition coefficient (Wildman–Crippen LogP) is 0.793. The lowest BCUT2D eigenvalue weighted by Gasteiger charge is -2.09. The molecule has 1 unspecified atom stereocenters. The van der Waals surface area contributed by atoms with Crippen LogP contribution in [0.1, 0.15) is 0 Å². The summed E-state index contributed by atoms with van der Waals surface area (Å²) in [5.74, 6) is 0. The number of carbonyl (C=O) groups excluding carboxylic acids is 1. The van der Waals surface area contributed by atoms with Crippen molar-refractivity contribution in [1.82, 2.24) is 0 Å². The highest BCUT2D eigenvalue weighted by atomic mass is 79.9. The van der Waals surface area contributed by atoms with Gasteiger partial charge in [0.25, 0.3) is 6.29 Å². The maximum absolute atomic E-state index is 10.1. The molecule has 0 fully saturated rings. The Hall–Kier alpha value is -0.510. The van der Waals surface area contributed by atoms with Crippen LogP contribution >= 0.6 is 15.9 Å². The molecule has 3 nitrogen and oxygen atoms in total. The van der Waals surface area contributed by atoms with E-state index in [0.717, 1.165) is 6.29 Å². The van der Waals surface area contributed by atoms with Crippen molar-refractivity contribution >= 4 is 22.2 Å². The van der Waals surface area contributed by atoms with Crippen molar-refractivity contribution in [2.75, 3.05) is 0 Å². The summed E-state index contributed by atoms with van der Waals surface area (Å²) in [7, 11) is 0. The first kappa shape index (κ1) is 6.61. The van der Waals surface area contributed by atoms with Gasteiger partial charge >= 0.3 is 0 Å². The monoisotopic (exact) mass is 192 g/mol. The van der Waals surface area contributed by atoms with Crippen molar-refractivity contribution in [3.05, 3.63) is 12.5 Å². The Balaban J connectivity index is 2.35. The number of hydrogen-bond acceptors (Lipinski definition) is 3. The molecule has 1 atom stereocenters. The van der Waals surface area contributed by atoms with Crippen LogP contribution < -0.4 is 0 Å². The van der Waals surface area contributed by atoms with Gasteiger partial charge in [0.1, 0.15) is 23.6 Å². The first-order chi connectivity index (χ1) is 4.34. The quantitative estimate of drug-likeness (QED) is 0.480. The van der Waals surface area contributed by atoms with Crippen LogP contribution in [0, 0.1) is 0 Å². The van der Waals surface area contributed by atoms with Gasteiger partial charge in [0, 0.05) is 0 Å². The zero-order valence-corrected chi connectivity index (χ0v) is 6.08. The van der Waals surface area contributed by atoms with Crippen molar-refractivity contribution < 1.29 is 14.3 Å². The van der Waals surface area contributed by atoms with Gasteiger partial charge in [-0.1, -0.05) is 15.9 Å². The molecule has 1 rings (SSSR count). The fourth-order valence-corrected chi connectivity index (χ4v) is 0.715. The van der Waals surface area contributed by atoms with Gasteiger partial charge in [-0.3, -0.25) is 0 Å². The SMILES string of the molecule is O=CC(Br)C1OC=CO1. The summed E-state index contributed by atoms with van der Waals surface area (Å²) in [6, 6.07) is 0. The molecule has 1 heterocycles. The van der Waals surface area contributed by atoms with Gasteiger partial charge in [-0.2, -0.15) is 0 Å². The lowest BCUT2D eigenvalue weighted by Crippen LogP contribution is -2.21. The van der Waals surface area contributed by atoms with E-state index in [0.29, 0.717) is 0 Å². The van der Waals surface area contributed by atoms with Crippen LogP contribution in [0.4, 0.5) is 0 Å². The highest BCUT2D eigenvalue weighted by Crippen LogP contribution is 2.13. The summed E-state index contributed by atoms with van der Waals surface area (Å²) in [4.78, 5) is 9.68. The lowest BCUT2D eigenvalue weighted by atomic mass is 10.5. The molecule has 0 bridgehead atoms. The Morgan fingerprint density at radius 1 is 1.56 bits per heavy atom. The van der Waals surface area contributed by atoms with E-state index in [4.69, 9.17) is 9.47 Å². The predicted molar refractivity (Wildman–Crippen MR) is 33.9 cm³/mol. The molecule has 1 aliphatic heterocycles. The molecule has 0 aliphatic carbocycles. The third-order valence-corrected chi connectivity index (χ3v) is 1.52. The standard InChI is InChI=1S/C5H5BrO3/c6-4(3-7)5-8-1-2-9-5/h1-5H. The third-order valence-electron chi connectivity index (χ3n) is 0.871. The summed E-state index contributed by atoms with van der Waals surface area (Å²) in [6.45, 7) is 0. The van der Waals surface area contributed by atoms with E-state index in [-0.39, 0.29) is 4.83 Å². The maximum atomic E-state index is 10.1. The minimum absolute atomic E-state index is 0.382. The van der Waals surface area contributed by atoms with E-state index >= 15 is 0 Å². The zero-order chi connectivity index (χ0) is 6.69. The number of rotatable bonds is 2. The Kier molecular flexibility index (Phi) is 2.10. The van der Waals surface area contributed by atoms with E-state index in [2.05, 4.69) is 15.9 Å². The van der Waals surface area contributed by atoms with Crippen LogP contribution in [0.2, 0.25) is 0 Å². The highest BCUT2D eigenvalue weighted by molar-refractivity contribution is 9.10. The number of hydrogen-bond donors (Lipinski definition) is 0. The molecular formula is C5H5BrO3. The van der Waals surface area contributed by atoms with E-state index < -0.39 is 6.29 Å². The number of halogens is 1. The summed E-state index contributed by atoms with van der Waals surface area (Å²) in [6.07, 6.45) is 3.05. The molecule has 0 spiro atoms. The molecule has 9 heavy (non-hydrogen) atoms. The van der Waals surface area contributed by atoms with Crippen LogP contribution in [0.3, 0.4) is 0 Å². The van der Waals surface area contributed by atoms with Crippen molar-refractivity contribution in [2.24, 2.45) is 0 Å². The van der Waals surface area contributed by atoms with Crippen LogP contribution in [0.25, 0.3) is 0 Å². The van der Waals surface area contributed by atoms with Gasteiger partial charge in [0.05, 0.1) is 0 Å². The third kappa shape index (κ3) is 1.45. The molecule has 0 N–H and O–H groups in total. The summed E-state index contributed by atoms with van der Waals surface area (Å²) in [5.41, 5.74) is 0. The fourth-order valence-electron chi connectivity index (χ4n) is 0.465. The second kappa shape index (κ2) is 2.87. The van der Waals surface area contributed by atoms with E-state index in [9.17, 15) is 4.79 Å². The minimum Gasteiger partial charge on any atom is -0.458 e.